The third-order valence-electron chi connectivity index (χ3n) is 5.31. The lowest BCUT2D eigenvalue weighted by Crippen LogP contribution is -2.39. The molecule has 1 aromatic heterocycles. The van der Waals surface area contributed by atoms with Gasteiger partial charge in [0.2, 0.25) is 11.8 Å². The summed E-state index contributed by atoms with van der Waals surface area (Å²) in [5.74, 6) is 1.12. The van der Waals surface area contributed by atoms with E-state index in [-0.39, 0.29) is 17.8 Å². The zero-order valence-electron chi connectivity index (χ0n) is 14.9. The predicted molar refractivity (Wildman–Crippen MR) is 95.1 cm³/mol. The molecule has 2 saturated heterocycles. The maximum atomic E-state index is 13.8. The number of carbonyl (C=O) groups excluding carboxylic acids is 1. The lowest BCUT2D eigenvalue weighted by Gasteiger charge is -2.25. The Morgan fingerprint density at radius 2 is 2.00 bits per heavy atom. The summed E-state index contributed by atoms with van der Waals surface area (Å²) in [6.45, 7) is 3.26. The fourth-order valence-electron chi connectivity index (χ4n) is 3.93. The van der Waals surface area contributed by atoms with Crippen LogP contribution in [0, 0.1) is 5.82 Å². The van der Waals surface area contributed by atoms with Crippen LogP contribution in [0.4, 0.5) is 4.39 Å². The number of hydrogen-bond acceptors (Lipinski definition) is 4. The largest absolute Gasteiger partial charge is 0.443 e. The van der Waals surface area contributed by atoms with Crippen molar-refractivity contribution in [3.8, 4) is 0 Å². The molecule has 1 aromatic carbocycles. The number of amides is 1. The number of rotatable bonds is 5. The Balaban J connectivity index is 1.44. The van der Waals surface area contributed by atoms with E-state index in [0.717, 1.165) is 32.5 Å². The highest BCUT2D eigenvalue weighted by Gasteiger charge is 2.34. The van der Waals surface area contributed by atoms with Crippen LogP contribution in [0.2, 0.25) is 0 Å². The van der Waals surface area contributed by atoms with Crippen LogP contribution in [-0.2, 0) is 11.2 Å². The highest BCUT2D eigenvalue weighted by molar-refractivity contribution is 5.79. The molecule has 5 nitrogen and oxygen atoms in total. The maximum absolute atomic E-state index is 13.8. The second-order valence-electron chi connectivity index (χ2n) is 7.16. The van der Waals surface area contributed by atoms with Crippen LogP contribution in [0.25, 0.3) is 0 Å². The average Bonchev–Trinajstić information content (AvgIpc) is 3.37. The zero-order chi connectivity index (χ0) is 17.9. The van der Waals surface area contributed by atoms with E-state index in [4.69, 9.17) is 4.42 Å². The molecular formula is C20H24FN3O2. The summed E-state index contributed by atoms with van der Waals surface area (Å²) in [6, 6.07) is 6.58. The van der Waals surface area contributed by atoms with Crippen molar-refractivity contribution in [2.75, 3.05) is 26.2 Å². The van der Waals surface area contributed by atoms with Crippen LogP contribution in [0.15, 0.2) is 34.9 Å². The van der Waals surface area contributed by atoms with Crippen LogP contribution in [0.1, 0.15) is 48.9 Å². The Morgan fingerprint density at radius 3 is 2.81 bits per heavy atom. The number of benzene rings is 1. The van der Waals surface area contributed by atoms with E-state index in [0.29, 0.717) is 30.2 Å². The molecule has 0 unspecified atom stereocenters. The number of aromatic nitrogens is 1. The number of halogens is 1. The zero-order valence-corrected chi connectivity index (χ0v) is 14.9. The molecule has 2 fully saturated rings. The Hall–Kier alpha value is -2.21. The maximum Gasteiger partial charge on any atom is 0.237 e. The molecule has 3 heterocycles. The molecule has 0 N–H and O–H groups in total. The molecule has 1 atom stereocenters. The van der Waals surface area contributed by atoms with Gasteiger partial charge in [-0.25, -0.2) is 9.37 Å². The molecule has 0 bridgehead atoms. The molecule has 26 heavy (non-hydrogen) atoms. The second-order valence-corrected chi connectivity index (χ2v) is 7.16. The lowest BCUT2D eigenvalue weighted by molar-refractivity contribution is -0.133. The van der Waals surface area contributed by atoms with Crippen LogP contribution in [0.5, 0.6) is 0 Å². The lowest BCUT2D eigenvalue weighted by atomic mass is 10.1. The van der Waals surface area contributed by atoms with E-state index >= 15 is 0 Å². The van der Waals surface area contributed by atoms with Gasteiger partial charge in [0.15, 0.2) is 0 Å². The van der Waals surface area contributed by atoms with Gasteiger partial charge < -0.3 is 9.32 Å². The standard InChI is InChI=1S/C20H24FN3O2/c21-17-7-2-1-6-15(17)12-16-13-22-20(26-16)18-8-5-11-24(18)19(25)14-23-9-3-4-10-23/h1-2,6-7,13,18H,3-5,8-12,14H2/t18-/m0/s1. The number of carbonyl (C=O) groups is 1. The molecule has 1 amide bonds. The van der Waals surface area contributed by atoms with Gasteiger partial charge >= 0.3 is 0 Å². The van der Waals surface area contributed by atoms with Crippen molar-refractivity contribution in [1.82, 2.24) is 14.8 Å². The van der Waals surface area contributed by atoms with Crippen molar-refractivity contribution in [1.29, 1.82) is 0 Å². The van der Waals surface area contributed by atoms with Gasteiger partial charge in [-0.15, -0.1) is 0 Å². The van der Waals surface area contributed by atoms with Gasteiger partial charge in [0, 0.05) is 13.0 Å². The molecule has 2 aliphatic rings. The first-order chi connectivity index (χ1) is 12.7. The van der Waals surface area contributed by atoms with Crippen molar-refractivity contribution in [2.45, 2.75) is 38.1 Å². The fraction of sp³-hybridized carbons (Fsp3) is 0.500. The highest BCUT2D eigenvalue weighted by Crippen LogP contribution is 2.32. The number of hydrogen-bond donors (Lipinski definition) is 0. The fourth-order valence-corrected chi connectivity index (χ4v) is 3.93. The average molecular weight is 357 g/mol. The van der Waals surface area contributed by atoms with E-state index in [1.54, 1.807) is 18.3 Å². The summed E-state index contributed by atoms with van der Waals surface area (Å²) in [6.07, 6.45) is 6.20. The topological polar surface area (TPSA) is 49.6 Å². The Morgan fingerprint density at radius 1 is 1.19 bits per heavy atom. The first-order valence-corrected chi connectivity index (χ1v) is 9.40. The third-order valence-corrected chi connectivity index (χ3v) is 5.31. The smallest absolute Gasteiger partial charge is 0.237 e. The molecule has 0 radical (unpaired) electrons. The summed E-state index contributed by atoms with van der Waals surface area (Å²) in [7, 11) is 0. The summed E-state index contributed by atoms with van der Waals surface area (Å²) < 4.78 is 19.7. The molecule has 2 aromatic rings. The SMILES string of the molecule is O=C(CN1CCCC1)N1CCC[C@H]1c1ncc(Cc2ccccc2F)o1. The first-order valence-electron chi connectivity index (χ1n) is 9.40. The van der Waals surface area contributed by atoms with Crippen LogP contribution in [-0.4, -0.2) is 46.9 Å². The van der Waals surface area contributed by atoms with Gasteiger partial charge in [0.1, 0.15) is 17.6 Å². The van der Waals surface area contributed by atoms with Crippen molar-refractivity contribution >= 4 is 5.91 Å². The second kappa shape index (κ2) is 7.58. The van der Waals surface area contributed by atoms with Gasteiger partial charge in [-0.1, -0.05) is 18.2 Å². The van der Waals surface area contributed by atoms with E-state index in [1.165, 1.54) is 18.9 Å². The van der Waals surface area contributed by atoms with E-state index < -0.39 is 0 Å². The number of likely N-dealkylation sites (tertiary alicyclic amines) is 2. The number of oxazole rings is 1. The molecule has 4 rings (SSSR count). The number of nitrogens with zero attached hydrogens (tertiary/aromatic N) is 3. The molecule has 138 valence electrons. The molecule has 0 aliphatic carbocycles. The van der Waals surface area contributed by atoms with Gasteiger partial charge in [0.25, 0.3) is 0 Å². The minimum atomic E-state index is -0.242. The molecule has 6 heteroatoms. The molecule has 2 aliphatic heterocycles. The van der Waals surface area contributed by atoms with Crippen molar-refractivity contribution < 1.29 is 13.6 Å². The summed E-state index contributed by atoms with van der Waals surface area (Å²) in [5, 5.41) is 0. The highest BCUT2D eigenvalue weighted by atomic mass is 19.1. The van der Waals surface area contributed by atoms with Crippen molar-refractivity contribution in [3.05, 3.63) is 53.5 Å². The Kier molecular flexibility index (Phi) is 5.02. The minimum Gasteiger partial charge on any atom is -0.443 e. The van der Waals surface area contributed by atoms with E-state index in [1.807, 2.05) is 11.0 Å². The van der Waals surface area contributed by atoms with Gasteiger partial charge in [0.05, 0.1) is 12.7 Å². The summed E-state index contributed by atoms with van der Waals surface area (Å²) in [4.78, 5) is 21.2. The summed E-state index contributed by atoms with van der Waals surface area (Å²) >= 11 is 0. The predicted octanol–water partition coefficient (Wildman–Crippen LogP) is 3.16. The quantitative estimate of drug-likeness (QED) is 0.825. The first kappa shape index (κ1) is 17.2. The Bertz CT molecular complexity index is 770. The minimum absolute atomic E-state index is 0.0977. The third kappa shape index (κ3) is 3.65. The van der Waals surface area contributed by atoms with E-state index in [9.17, 15) is 9.18 Å². The molecule has 0 spiro atoms. The van der Waals surface area contributed by atoms with Gasteiger partial charge in [-0.2, -0.15) is 0 Å². The van der Waals surface area contributed by atoms with Crippen LogP contribution >= 0.6 is 0 Å². The Labute approximate surface area is 152 Å². The molecule has 0 saturated carbocycles. The van der Waals surface area contributed by atoms with Gasteiger partial charge in [-0.05, 0) is 50.4 Å². The van der Waals surface area contributed by atoms with Gasteiger partial charge in [-0.3, -0.25) is 9.69 Å². The monoisotopic (exact) mass is 357 g/mol. The van der Waals surface area contributed by atoms with Crippen molar-refractivity contribution in [3.63, 3.8) is 0 Å². The van der Waals surface area contributed by atoms with Crippen LogP contribution in [0.3, 0.4) is 0 Å². The molecular weight excluding hydrogens is 333 g/mol. The van der Waals surface area contributed by atoms with Crippen molar-refractivity contribution in [2.24, 2.45) is 0 Å². The normalized spacial score (nSPS) is 20.8. The van der Waals surface area contributed by atoms with Crippen LogP contribution < -0.4 is 0 Å². The summed E-state index contributed by atoms with van der Waals surface area (Å²) in [5.41, 5.74) is 0.587. The van der Waals surface area contributed by atoms with E-state index in [2.05, 4.69) is 9.88 Å².